The first-order chi connectivity index (χ1) is 15.8. The molecular weight excluding hydrogens is 437 g/mol. The van der Waals surface area contributed by atoms with Crippen molar-refractivity contribution in [1.82, 2.24) is 9.97 Å². The Kier molecular flexibility index (Phi) is 6.26. The number of hydrogen-bond acceptors (Lipinski definition) is 6. The average Bonchev–Trinajstić information content (AvgIpc) is 2.82. The fourth-order valence-corrected chi connectivity index (χ4v) is 3.94. The summed E-state index contributed by atoms with van der Waals surface area (Å²) in [7, 11) is 3.00. The molecule has 33 heavy (non-hydrogen) atoms. The Hall–Kier alpha value is -3.56. The molecule has 1 amide bonds. The molecule has 1 unspecified atom stereocenters. The lowest BCUT2D eigenvalue weighted by Crippen LogP contribution is -2.42. The highest BCUT2D eigenvalue weighted by molar-refractivity contribution is 5.93. The van der Waals surface area contributed by atoms with Crippen LogP contribution in [0.5, 0.6) is 11.5 Å². The lowest BCUT2D eigenvalue weighted by molar-refractivity contribution is -0.140. The van der Waals surface area contributed by atoms with Crippen molar-refractivity contribution in [2.45, 2.75) is 19.0 Å². The molecule has 1 saturated heterocycles. The number of aromatic nitrogens is 2. The van der Waals surface area contributed by atoms with E-state index in [1.54, 1.807) is 36.4 Å². The normalized spacial score (nSPS) is 16.5. The van der Waals surface area contributed by atoms with E-state index in [-0.39, 0.29) is 23.8 Å². The Morgan fingerprint density at radius 2 is 1.76 bits per heavy atom. The van der Waals surface area contributed by atoms with Crippen molar-refractivity contribution in [3.8, 4) is 11.5 Å². The van der Waals surface area contributed by atoms with Crippen LogP contribution in [0.15, 0.2) is 42.5 Å². The van der Waals surface area contributed by atoms with Crippen molar-refractivity contribution in [1.29, 1.82) is 0 Å². The molecule has 0 bridgehead atoms. The fourth-order valence-electron chi connectivity index (χ4n) is 3.94. The van der Waals surface area contributed by atoms with Crippen LogP contribution < -0.4 is 19.7 Å². The first kappa shape index (κ1) is 22.6. The van der Waals surface area contributed by atoms with Crippen LogP contribution in [0.4, 0.5) is 24.7 Å². The second-order valence-electron chi connectivity index (χ2n) is 7.73. The summed E-state index contributed by atoms with van der Waals surface area (Å²) < 4.78 is 51.8. The second-order valence-corrected chi connectivity index (χ2v) is 7.73. The zero-order valence-corrected chi connectivity index (χ0v) is 18.1. The van der Waals surface area contributed by atoms with E-state index in [1.807, 2.05) is 0 Å². The largest absolute Gasteiger partial charge is 0.493 e. The second kappa shape index (κ2) is 9.13. The molecule has 0 saturated carbocycles. The first-order valence-electron chi connectivity index (χ1n) is 10.4. The van der Waals surface area contributed by atoms with Gasteiger partial charge in [0.1, 0.15) is 0 Å². The predicted octanol–water partition coefficient (Wildman–Crippen LogP) is 4.52. The van der Waals surface area contributed by atoms with Crippen LogP contribution in [-0.4, -0.2) is 43.2 Å². The third-order valence-corrected chi connectivity index (χ3v) is 5.56. The van der Waals surface area contributed by atoms with Crippen LogP contribution in [0.3, 0.4) is 0 Å². The lowest BCUT2D eigenvalue weighted by Gasteiger charge is -2.34. The number of carbonyl (C=O) groups is 1. The maximum absolute atomic E-state index is 13.8. The van der Waals surface area contributed by atoms with Crippen LogP contribution in [0.25, 0.3) is 11.0 Å². The van der Waals surface area contributed by atoms with Crippen LogP contribution in [0.1, 0.15) is 18.5 Å². The number of halogens is 3. The molecule has 10 heteroatoms. The maximum Gasteiger partial charge on any atom is 0.437 e. The summed E-state index contributed by atoms with van der Waals surface area (Å²) in [6.45, 7) is 0.464. The van der Waals surface area contributed by atoms with Crippen molar-refractivity contribution in [3.05, 3.63) is 48.2 Å². The van der Waals surface area contributed by atoms with E-state index in [9.17, 15) is 18.0 Å². The summed E-state index contributed by atoms with van der Waals surface area (Å²) in [6, 6.07) is 11.4. The number of anilines is 2. The van der Waals surface area contributed by atoms with Gasteiger partial charge < -0.3 is 19.7 Å². The number of hydrogen-bond donors (Lipinski definition) is 1. The number of fused-ring (bicyclic) bond motifs is 1. The van der Waals surface area contributed by atoms with E-state index in [0.717, 1.165) is 0 Å². The van der Waals surface area contributed by atoms with E-state index in [4.69, 9.17) is 9.47 Å². The highest BCUT2D eigenvalue weighted by atomic mass is 19.4. The molecule has 2 heterocycles. The standard InChI is InChI=1S/C23H23F3N4O3/c1-32-18-10-9-15(12-19(18)33-2)27-22(31)14-6-5-11-30(13-14)21-20(23(24,25)26)28-16-7-3-4-8-17(16)29-21/h3-4,7-10,12,14H,5-6,11,13H2,1-2H3,(H,27,31). The smallest absolute Gasteiger partial charge is 0.437 e. The molecule has 1 aliphatic rings. The van der Waals surface area contributed by atoms with Gasteiger partial charge in [0, 0.05) is 24.8 Å². The van der Waals surface area contributed by atoms with Gasteiger partial charge in [-0.15, -0.1) is 0 Å². The third kappa shape index (κ3) is 4.79. The van der Waals surface area contributed by atoms with Gasteiger partial charge in [0.2, 0.25) is 5.91 Å². The minimum absolute atomic E-state index is 0.106. The number of para-hydroxylation sites is 2. The molecule has 7 nitrogen and oxygen atoms in total. The number of benzene rings is 2. The number of carbonyl (C=O) groups excluding carboxylic acids is 1. The Balaban J connectivity index is 1.57. The summed E-state index contributed by atoms with van der Waals surface area (Å²) in [5, 5.41) is 2.82. The van der Waals surface area contributed by atoms with E-state index < -0.39 is 17.8 Å². The highest BCUT2D eigenvalue weighted by Gasteiger charge is 2.40. The van der Waals surface area contributed by atoms with Crippen molar-refractivity contribution in [2.24, 2.45) is 5.92 Å². The van der Waals surface area contributed by atoms with Crippen molar-refractivity contribution < 1.29 is 27.4 Å². The molecule has 1 atom stereocenters. The van der Waals surface area contributed by atoms with Crippen molar-refractivity contribution in [2.75, 3.05) is 37.5 Å². The molecule has 1 aromatic heterocycles. The maximum atomic E-state index is 13.8. The van der Waals surface area contributed by atoms with Crippen LogP contribution in [0.2, 0.25) is 0 Å². The zero-order chi connectivity index (χ0) is 23.6. The van der Waals surface area contributed by atoms with Gasteiger partial charge in [-0.25, -0.2) is 9.97 Å². The minimum atomic E-state index is -4.67. The monoisotopic (exact) mass is 460 g/mol. The predicted molar refractivity (Wildman–Crippen MR) is 118 cm³/mol. The van der Waals surface area contributed by atoms with E-state index in [2.05, 4.69) is 15.3 Å². The fraction of sp³-hybridized carbons (Fsp3) is 0.348. The van der Waals surface area contributed by atoms with Crippen molar-refractivity contribution in [3.63, 3.8) is 0 Å². The van der Waals surface area contributed by atoms with Gasteiger partial charge in [-0.05, 0) is 37.1 Å². The molecule has 0 spiro atoms. The topological polar surface area (TPSA) is 76.6 Å². The summed E-state index contributed by atoms with van der Waals surface area (Å²) in [6.07, 6.45) is -3.56. The van der Waals surface area contributed by atoms with Crippen LogP contribution >= 0.6 is 0 Å². The number of alkyl halides is 3. The Labute approximate surface area is 188 Å². The van der Waals surface area contributed by atoms with Crippen LogP contribution in [-0.2, 0) is 11.0 Å². The van der Waals surface area contributed by atoms with E-state index in [0.29, 0.717) is 42.1 Å². The quantitative estimate of drug-likeness (QED) is 0.603. The molecule has 0 radical (unpaired) electrons. The highest BCUT2D eigenvalue weighted by Crippen LogP contribution is 2.37. The number of amides is 1. The van der Waals surface area contributed by atoms with Gasteiger partial charge in [-0.1, -0.05) is 12.1 Å². The van der Waals surface area contributed by atoms with Gasteiger partial charge in [-0.3, -0.25) is 4.79 Å². The van der Waals surface area contributed by atoms with E-state index in [1.165, 1.54) is 25.2 Å². The average molecular weight is 460 g/mol. The number of piperidine rings is 1. The summed E-state index contributed by atoms with van der Waals surface area (Å²) in [5.74, 6) is -0.0593. The summed E-state index contributed by atoms with van der Waals surface area (Å²) >= 11 is 0. The lowest BCUT2D eigenvalue weighted by atomic mass is 9.96. The Morgan fingerprint density at radius 3 is 2.42 bits per heavy atom. The Bertz CT molecular complexity index is 1170. The molecule has 3 aromatic rings. The van der Waals surface area contributed by atoms with Gasteiger partial charge in [0.15, 0.2) is 23.0 Å². The molecule has 1 aliphatic heterocycles. The van der Waals surface area contributed by atoms with Crippen LogP contribution in [0, 0.1) is 5.92 Å². The number of ether oxygens (including phenoxy) is 2. The SMILES string of the molecule is COc1ccc(NC(=O)C2CCCN(c3nc4ccccc4nc3C(F)(F)F)C2)cc1OC. The number of nitrogens with zero attached hydrogens (tertiary/aromatic N) is 3. The Morgan fingerprint density at radius 1 is 1.06 bits per heavy atom. The summed E-state index contributed by atoms with van der Waals surface area (Å²) in [5.41, 5.74) is 0.0177. The molecule has 0 aliphatic carbocycles. The number of nitrogens with one attached hydrogen (secondary N) is 1. The molecule has 1 fully saturated rings. The van der Waals surface area contributed by atoms with Crippen molar-refractivity contribution >= 4 is 28.4 Å². The molecular formula is C23H23F3N4O3. The minimum Gasteiger partial charge on any atom is -0.493 e. The molecule has 174 valence electrons. The van der Waals surface area contributed by atoms with Gasteiger partial charge in [-0.2, -0.15) is 13.2 Å². The molecule has 2 aromatic carbocycles. The summed E-state index contributed by atoms with van der Waals surface area (Å²) in [4.78, 5) is 22.5. The van der Waals surface area contributed by atoms with E-state index >= 15 is 0 Å². The van der Waals surface area contributed by atoms with Gasteiger partial charge in [0.25, 0.3) is 0 Å². The zero-order valence-electron chi connectivity index (χ0n) is 18.1. The third-order valence-electron chi connectivity index (χ3n) is 5.56. The van der Waals surface area contributed by atoms with Gasteiger partial charge in [0.05, 0.1) is 31.2 Å². The first-order valence-corrected chi connectivity index (χ1v) is 10.4. The molecule has 1 N–H and O–H groups in total. The molecule has 4 rings (SSSR count). The number of methoxy groups -OCH3 is 2. The van der Waals surface area contributed by atoms with Gasteiger partial charge >= 0.3 is 6.18 Å². The number of rotatable bonds is 5.